The average Bonchev–Trinajstić information content (AvgIpc) is 2.14. The van der Waals surface area contributed by atoms with E-state index in [0.717, 1.165) is 0 Å². The number of aromatic carboxylic acids is 2. The molecule has 1 aromatic rings. The van der Waals surface area contributed by atoms with E-state index in [9.17, 15) is 9.59 Å². The Morgan fingerprint density at radius 1 is 1.06 bits per heavy atom. The maximum absolute atomic E-state index is 11.0. The summed E-state index contributed by atoms with van der Waals surface area (Å²) in [4.78, 5) is 22.0. The second-order valence-electron chi connectivity index (χ2n) is 3.24. The highest BCUT2D eigenvalue weighted by atomic mass is 79.9. The molecule has 0 spiro atoms. The first kappa shape index (κ1) is 13.0. The molecule has 0 aromatic heterocycles. The summed E-state index contributed by atoms with van der Waals surface area (Å²) in [6, 6.07) is 0. The summed E-state index contributed by atoms with van der Waals surface area (Å²) in [5.41, 5.74) is 0.466. The van der Waals surface area contributed by atoms with Crippen molar-refractivity contribution in [1.29, 1.82) is 0 Å². The van der Waals surface area contributed by atoms with Crippen molar-refractivity contribution in [3.63, 3.8) is 0 Å². The Labute approximate surface area is 105 Å². The molecule has 0 bridgehead atoms. The van der Waals surface area contributed by atoms with E-state index in [1.165, 1.54) is 13.8 Å². The maximum atomic E-state index is 11.0. The number of rotatable bonds is 2. The van der Waals surface area contributed by atoms with Crippen molar-refractivity contribution < 1.29 is 19.8 Å². The van der Waals surface area contributed by atoms with Gasteiger partial charge in [0.15, 0.2) is 0 Å². The lowest BCUT2D eigenvalue weighted by molar-refractivity contribution is 0.0679. The van der Waals surface area contributed by atoms with Crippen molar-refractivity contribution in [2.75, 3.05) is 0 Å². The number of carboxylic acids is 2. The first-order chi connectivity index (χ1) is 7.29. The molecule has 0 fully saturated rings. The smallest absolute Gasteiger partial charge is 0.337 e. The van der Waals surface area contributed by atoms with Gasteiger partial charge in [0.2, 0.25) is 0 Å². The van der Waals surface area contributed by atoms with Crippen molar-refractivity contribution in [1.82, 2.24) is 0 Å². The molecular weight excluding hydrogens is 299 g/mol. The molecule has 0 aliphatic rings. The van der Waals surface area contributed by atoms with E-state index in [0.29, 0.717) is 5.56 Å². The molecule has 4 nitrogen and oxygen atoms in total. The van der Waals surface area contributed by atoms with Gasteiger partial charge in [0, 0.05) is 4.47 Å². The Morgan fingerprint density at radius 2 is 1.50 bits per heavy atom. The van der Waals surface area contributed by atoms with Crippen LogP contribution in [0.4, 0.5) is 0 Å². The summed E-state index contributed by atoms with van der Waals surface area (Å²) >= 11 is 8.93. The van der Waals surface area contributed by atoms with Gasteiger partial charge in [-0.1, -0.05) is 11.6 Å². The van der Waals surface area contributed by atoms with Gasteiger partial charge in [0.25, 0.3) is 0 Å². The van der Waals surface area contributed by atoms with Gasteiger partial charge < -0.3 is 10.2 Å². The lowest BCUT2D eigenvalue weighted by Crippen LogP contribution is -2.09. The Hall–Kier alpha value is -1.07. The van der Waals surface area contributed by atoms with Crippen LogP contribution >= 0.6 is 27.5 Å². The molecule has 2 N–H and O–H groups in total. The van der Waals surface area contributed by atoms with Crippen LogP contribution in [0.15, 0.2) is 4.47 Å². The second-order valence-corrected chi connectivity index (χ2v) is 4.41. The van der Waals surface area contributed by atoms with Crippen molar-refractivity contribution in [3.05, 3.63) is 31.7 Å². The number of hydrogen-bond donors (Lipinski definition) is 2. The van der Waals surface area contributed by atoms with Gasteiger partial charge >= 0.3 is 11.9 Å². The molecular formula is C10H8BrClO4. The number of hydrogen-bond acceptors (Lipinski definition) is 2. The molecule has 0 aliphatic heterocycles. The van der Waals surface area contributed by atoms with E-state index in [1.54, 1.807) is 0 Å². The van der Waals surface area contributed by atoms with Gasteiger partial charge in [-0.25, -0.2) is 9.59 Å². The van der Waals surface area contributed by atoms with Gasteiger partial charge in [-0.05, 0) is 40.9 Å². The molecule has 1 rings (SSSR count). The monoisotopic (exact) mass is 306 g/mol. The highest BCUT2D eigenvalue weighted by Gasteiger charge is 2.24. The van der Waals surface area contributed by atoms with Crippen LogP contribution in [0.25, 0.3) is 0 Å². The lowest BCUT2D eigenvalue weighted by Gasteiger charge is -2.13. The van der Waals surface area contributed by atoms with Crippen LogP contribution in [-0.2, 0) is 0 Å². The summed E-state index contributed by atoms with van der Waals surface area (Å²) in [6.45, 7) is 2.98. The van der Waals surface area contributed by atoms with E-state index in [1.807, 2.05) is 0 Å². The Bertz CT molecular complexity index is 422. The number of benzene rings is 1. The van der Waals surface area contributed by atoms with Crippen LogP contribution in [0.2, 0.25) is 5.02 Å². The SMILES string of the molecule is Cc1c(Br)c(C(=O)O)c(C)c(Cl)c1C(=O)O. The zero-order valence-corrected chi connectivity index (χ0v) is 10.8. The van der Waals surface area contributed by atoms with Gasteiger partial charge in [0.05, 0.1) is 16.1 Å². The lowest BCUT2D eigenvalue weighted by atomic mass is 9.99. The van der Waals surface area contributed by atoms with Gasteiger partial charge in [0.1, 0.15) is 0 Å². The summed E-state index contributed by atoms with van der Waals surface area (Å²) in [5.74, 6) is -2.32. The molecule has 0 heterocycles. The van der Waals surface area contributed by atoms with Crippen molar-refractivity contribution in [2.45, 2.75) is 13.8 Å². The van der Waals surface area contributed by atoms with E-state index in [-0.39, 0.29) is 26.2 Å². The fourth-order valence-corrected chi connectivity index (χ4v) is 2.41. The maximum Gasteiger partial charge on any atom is 0.337 e. The minimum absolute atomic E-state index is 0.00694. The average molecular weight is 308 g/mol. The molecule has 0 atom stereocenters. The molecule has 0 aliphatic carbocycles. The predicted molar refractivity (Wildman–Crippen MR) is 62.5 cm³/mol. The molecule has 0 unspecified atom stereocenters. The molecule has 6 heteroatoms. The third-order valence-corrected chi connectivity index (χ3v) is 3.74. The minimum atomic E-state index is -1.18. The third kappa shape index (κ3) is 1.92. The first-order valence-corrected chi connectivity index (χ1v) is 5.40. The highest BCUT2D eigenvalue weighted by molar-refractivity contribution is 9.10. The largest absolute Gasteiger partial charge is 0.478 e. The quantitative estimate of drug-likeness (QED) is 0.880. The van der Waals surface area contributed by atoms with E-state index >= 15 is 0 Å². The van der Waals surface area contributed by atoms with Crippen molar-refractivity contribution >= 4 is 39.5 Å². The molecule has 0 radical (unpaired) electrons. The summed E-state index contributed by atoms with van der Waals surface area (Å²) in [7, 11) is 0. The standard InChI is InChI=1S/C10H8BrClO4/c1-3-6(10(15)16)8(12)4(2)5(7(3)11)9(13)14/h1-2H3,(H,13,14)(H,15,16). The predicted octanol–water partition coefficient (Wildman–Crippen LogP) is 3.12. The molecule has 16 heavy (non-hydrogen) atoms. The van der Waals surface area contributed by atoms with Crippen LogP contribution in [0.3, 0.4) is 0 Å². The Morgan fingerprint density at radius 3 is 1.88 bits per heavy atom. The van der Waals surface area contributed by atoms with Gasteiger partial charge in [-0.15, -0.1) is 0 Å². The van der Waals surface area contributed by atoms with Gasteiger partial charge in [-0.3, -0.25) is 0 Å². The van der Waals surface area contributed by atoms with E-state index in [4.69, 9.17) is 21.8 Å². The fraction of sp³-hybridized carbons (Fsp3) is 0.200. The molecule has 86 valence electrons. The third-order valence-electron chi connectivity index (χ3n) is 2.28. The highest BCUT2D eigenvalue weighted by Crippen LogP contribution is 2.34. The van der Waals surface area contributed by atoms with E-state index < -0.39 is 11.9 Å². The van der Waals surface area contributed by atoms with Gasteiger partial charge in [-0.2, -0.15) is 0 Å². The fourth-order valence-electron chi connectivity index (χ4n) is 1.43. The first-order valence-electron chi connectivity index (χ1n) is 4.23. The topological polar surface area (TPSA) is 74.6 Å². The zero-order valence-electron chi connectivity index (χ0n) is 8.47. The van der Waals surface area contributed by atoms with Crippen LogP contribution < -0.4 is 0 Å². The van der Waals surface area contributed by atoms with Crippen molar-refractivity contribution in [3.8, 4) is 0 Å². The second kappa shape index (κ2) is 4.43. The van der Waals surface area contributed by atoms with Crippen LogP contribution in [0.5, 0.6) is 0 Å². The van der Waals surface area contributed by atoms with Crippen LogP contribution in [0, 0.1) is 13.8 Å². The normalized spacial score (nSPS) is 10.2. The summed E-state index contributed by atoms with van der Waals surface area (Å²) in [6.07, 6.45) is 0. The Kier molecular flexibility index (Phi) is 3.60. The van der Waals surface area contributed by atoms with Crippen molar-refractivity contribution in [2.24, 2.45) is 0 Å². The molecule has 1 aromatic carbocycles. The minimum Gasteiger partial charge on any atom is -0.478 e. The van der Waals surface area contributed by atoms with E-state index in [2.05, 4.69) is 15.9 Å². The molecule has 0 saturated carbocycles. The number of carbonyl (C=O) groups is 2. The summed E-state index contributed by atoms with van der Waals surface area (Å²) < 4.78 is 0.249. The molecule has 0 saturated heterocycles. The molecule has 0 amide bonds. The van der Waals surface area contributed by atoms with Crippen LogP contribution in [0.1, 0.15) is 31.8 Å². The Balaban J connectivity index is 3.77. The zero-order chi connectivity index (χ0) is 12.6. The summed E-state index contributed by atoms with van der Waals surface area (Å²) in [5, 5.41) is 17.9. The number of carboxylic acid groups (broad SMARTS) is 2. The van der Waals surface area contributed by atoms with Crippen LogP contribution in [-0.4, -0.2) is 22.2 Å². The number of halogens is 2.